The Labute approximate surface area is 138 Å². The lowest BCUT2D eigenvalue weighted by atomic mass is 10.1. The number of halogens is 2. The number of hydrogen-bond donors (Lipinski definition) is 0. The first-order chi connectivity index (χ1) is 11.0. The van der Waals surface area contributed by atoms with Gasteiger partial charge in [0.15, 0.2) is 0 Å². The Morgan fingerprint density at radius 3 is 2.78 bits per heavy atom. The monoisotopic (exact) mass is 331 g/mol. The van der Waals surface area contributed by atoms with Crippen LogP contribution in [0.5, 0.6) is 0 Å². The van der Waals surface area contributed by atoms with Gasteiger partial charge in [0.2, 0.25) is 0 Å². The summed E-state index contributed by atoms with van der Waals surface area (Å²) in [5, 5.41) is 1.63. The van der Waals surface area contributed by atoms with Crippen molar-refractivity contribution in [1.29, 1.82) is 0 Å². The van der Waals surface area contributed by atoms with Crippen molar-refractivity contribution in [2.24, 2.45) is 0 Å². The third-order valence-electron chi connectivity index (χ3n) is 3.91. The summed E-state index contributed by atoms with van der Waals surface area (Å²) in [4.78, 5) is 11.6. The van der Waals surface area contributed by atoms with Crippen LogP contribution in [0.3, 0.4) is 0 Å². The lowest BCUT2D eigenvalue weighted by molar-refractivity contribution is 0.0595. The predicted molar refractivity (Wildman–Crippen MR) is 88.5 cm³/mol. The minimum absolute atomic E-state index is 0.0599. The Hall–Kier alpha value is -2.33. The Balaban J connectivity index is 2.03. The first-order valence-corrected chi connectivity index (χ1v) is 7.50. The number of benzene rings is 2. The second-order valence-corrected chi connectivity index (χ2v) is 5.72. The third kappa shape index (κ3) is 2.70. The number of rotatable bonds is 3. The zero-order valence-electron chi connectivity index (χ0n) is 12.8. The Morgan fingerprint density at radius 1 is 1.26 bits per heavy atom. The van der Waals surface area contributed by atoms with E-state index in [0.717, 1.165) is 16.5 Å². The number of aromatic nitrogens is 1. The standard InChI is InChI=1S/C18H15ClFNO2/c1-11-6-7-15-13(16(11)19)8-9-21(15)10-12-4-3-5-14(17(12)20)18(22)23-2/h3-9H,10H2,1-2H3. The minimum Gasteiger partial charge on any atom is -0.465 e. The lowest BCUT2D eigenvalue weighted by Crippen LogP contribution is -2.08. The van der Waals surface area contributed by atoms with E-state index < -0.39 is 11.8 Å². The molecule has 0 aliphatic carbocycles. The first-order valence-electron chi connectivity index (χ1n) is 7.12. The van der Waals surface area contributed by atoms with Crippen LogP contribution in [0.2, 0.25) is 5.02 Å². The number of carbonyl (C=O) groups excluding carboxylic acids is 1. The number of nitrogens with zero attached hydrogens (tertiary/aromatic N) is 1. The molecule has 5 heteroatoms. The summed E-state index contributed by atoms with van der Waals surface area (Å²) in [5.41, 5.74) is 2.27. The molecule has 0 aliphatic rings. The largest absolute Gasteiger partial charge is 0.465 e. The summed E-state index contributed by atoms with van der Waals surface area (Å²) < 4.78 is 21.0. The molecule has 0 atom stereocenters. The quantitative estimate of drug-likeness (QED) is 0.658. The van der Waals surface area contributed by atoms with Crippen LogP contribution < -0.4 is 0 Å². The van der Waals surface area contributed by atoms with Crippen LogP contribution >= 0.6 is 11.6 Å². The van der Waals surface area contributed by atoms with Crippen molar-refractivity contribution < 1.29 is 13.9 Å². The second kappa shape index (κ2) is 6.05. The highest BCUT2D eigenvalue weighted by molar-refractivity contribution is 6.36. The molecule has 0 saturated heterocycles. The van der Waals surface area contributed by atoms with E-state index in [-0.39, 0.29) is 5.56 Å². The van der Waals surface area contributed by atoms with E-state index in [1.54, 1.807) is 12.1 Å². The summed E-state index contributed by atoms with van der Waals surface area (Å²) in [5.74, 6) is -1.24. The van der Waals surface area contributed by atoms with Crippen LogP contribution in [0.15, 0.2) is 42.6 Å². The summed E-state index contributed by atoms with van der Waals surface area (Å²) in [7, 11) is 1.23. The van der Waals surface area contributed by atoms with Crippen molar-refractivity contribution in [3.8, 4) is 0 Å². The molecule has 3 nitrogen and oxygen atoms in total. The average Bonchev–Trinajstić information content (AvgIpc) is 2.96. The Morgan fingerprint density at radius 2 is 2.04 bits per heavy atom. The van der Waals surface area contributed by atoms with Crippen molar-refractivity contribution >= 4 is 28.5 Å². The number of aryl methyl sites for hydroxylation is 1. The predicted octanol–water partition coefficient (Wildman–Crippen LogP) is 4.58. The molecule has 0 unspecified atom stereocenters. The van der Waals surface area contributed by atoms with E-state index in [2.05, 4.69) is 4.74 Å². The summed E-state index contributed by atoms with van der Waals surface area (Å²) in [6.45, 7) is 2.25. The number of ether oxygens (including phenoxy) is 1. The fourth-order valence-electron chi connectivity index (χ4n) is 2.64. The average molecular weight is 332 g/mol. The molecule has 0 bridgehead atoms. The Kier molecular flexibility index (Phi) is 4.09. The second-order valence-electron chi connectivity index (χ2n) is 5.34. The lowest BCUT2D eigenvalue weighted by Gasteiger charge is -2.10. The van der Waals surface area contributed by atoms with Crippen molar-refractivity contribution in [3.05, 3.63) is 70.1 Å². The summed E-state index contributed by atoms with van der Waals surface area (Å²) in [6.07, 6.45) is 1.86. The molecule has 23 heavy (non-hydrogen) atoms. The molecule has 3 rings (SSSR count). The number of fused-ring (bicyclic) bond motifs is 1. The fourth-order valence-corrected chi connectivity index (χ4v) is 2.86. The van der Waals surface area contributed by atoms with Gasteiger partial charge in [-0.1, -0.05) is 29.8 Å². The number of hydrogen-bond acceptors (Lipinski definition) is 2. The van der Waals surface area contributed by atoms with Gasteiger partial charge in [-0.2, -0.15) is 0 Å². The van der Waals surface area contributed by atoms with Crippen LogP contribution in [0.4, 0.5) is 4.39 Å². The van der Waals surface area contributed by atoms with E-state index in [1.807, 2.05) is 35.9 Å². The highest BCUT2D eigenvalue weighted by Crippen LogP contribution is 2.28. The minimum atomic E-state index is -0.680. The van der Waals surface area contributed by atoms with Gasteiger partial charge in [0.05, 0.1) is 24.2 Å². The molecule has 3 aromatic rings. The van der Waals surface area contributed by atoms with Gasteiger partial charge in [-0.15, -0.1) is 0 Å². The SMILES string of the molecule is COC(=O)c1cccc(Cn2ccc3c(Cl)c(C)ccc32)c1F. The van der Waals surface area contributed by atoms with Gasteiger partial charge in [0, 0.05) is 22.7 Å². The maximum absolute atomic E-state index is 14.5. The molecule has 0 radical (unpaired) electrons. The van der Waals surface area contributed by atoms with Gasteiger partial charge < -0.3 is 9.30 Å². The van der Waals surface area contributed by atoms with Gasteiger partial charge in [-0.25, -0.2) is 9.18 Å². The topological polar surface area (TPSA) is 31.2 Å². The van der Waals surface area contributed by atoms with Crippen LogP contribution in [0.25, 0.3) is 10.9 Å². The van der Waals surface area contributed by atoms with Crippen molar-refractivity contribution in [2.75, 3.05) is 7.11 Å². The van der Waals surface area contributed by atoms with Crippen molar-refractivity contribution in [3.63, 3.8) is 0 Å². The molecule has 0 spiro atoms. The highest BCUT2D eigenvalue weighted by Gasteiger charge is 2.16. The molecule has 2 aromatic carbocycles. The summed E-state index contributed by atoms with van der Waals surface area (Å²) >= 11 is 6.31. The van der Waals surface area contributed by atoms with Crippen LogP contribution in [0, 0.1) is 12.7 Å². The zero-order valence-corrected chi connectivity index (χ0v) is 13.5. The smallest absolute Gasteiger partial charge is 0.340 e. The van der Waals surface area contributed by atoms with E-state index >= 15 is 0 Å². The molecule has 1 heterocycles. The van der Waals surface area contributed by atoms with Gasteiger partial charge >= 0.3 is 5.97 Å². The van der Waals surface area contributed by atoms with Crippen molar-refractivity contribution in [2.45, 2.75) is 13.5 Å². The molecule has 0 N–H and O–H groups in total. The molecule has 1 aromatic heterocycles. The summed E-state index contributed by atoms with van der Waals surface area (Å²) in [6, 6.07) is 10.5. The van der Waals surface area contributed by atoms with Gasteiger partial charge in [-0.3, -0.25) is 0 Å². The molecular formula is C18H15ClFNO2. The van der Waals surface area contributed by atoms with Gasteiger partial charge in [0.1, 0.15) is 5.82 Å². The molecule has 0 fully saturated rings. The van der Waals surface area contributed by atoms with Crippen molar-refractivity contribution in [1.82, 2.24) is 4.57 Å². The first kappa shape index (κ1) is 15.6. The van der Waals surface area contributed by atoms with Gasteiger partial charge in [0.25, 0.3) is 0 Å². The van der Waals surface area contributed by atoms with Crippen LogP contribution in [-0.2, 0) is 11.3 Å². The molecule has 0 saturated carbocycles. The van der Waals surface area contributed by atoms with E-state index in [0.29, 0.717) is 17.1 Å². The third-order valence-corrected chi connectivity index (χ3v) is 4.41. The Bertz CT molecular complexity index is 901. The molecule has 0 aliphatic heterocycles. The highest BCUT2D eigenvalue weighted by atomic mass is 35.5. The molecular weight excluding hydrogens is 317 g/mol. The molecule has 0 amide bonds. The van der Waals surface area contributed by atoms with E-state index in [9.17, 15) is 9.18 Å². The zero-order chi connectivity index (χ0) is 16.6. The van der Waals surface area contributed by atoms with E-state index in [1.165, 1.54) is 13.2 Å². The van der Waals surface area contributed by atoms with Crippen LogP contribution in [0.1, 0.15) is 21.5 Å². The van der Waals surface area contributed by atoms with E-state index in [4.69, 9.17) is 11.6 Å². The normalized spacial score (nSPS) is 11.0. The number of carbonyl (C=O) groups is 1. The molecule has 118 valence electrons. The fraction of sp³-hybridized carbons (Fsp3) is 0.167. The number of methoxy groups -OCH3 is 1. The maximum Gasteiger partial charge on any atom is 0.340 e. The number of esters is 1. The maximum atomic E-state index is 14.5. The van der Waals surface area contributed by atoms with Gasteiger partial charge in [-0.05, 0) is 30.7 Å². The van der Waals surface area contributed by atoms with Crippen LogP contribution in [-0.4, -0.2) is 17.6 Å².